The predicted octanol–water partition coefficient (Wildman–Crippen LogP) is 4.09. The number of nitrogen functional groups attached to an aromatic ring is 4. The monoisotopic (exact) mass is 904 g/mol. The van der Waals surface area contributed by atoms with E-state index in [4.69, 9.17) is 22.9 Å². The van der Waals surface area contributed by atoms with Gasteiger partial charge in [0.1, 0.15) is 20.2 Å². The van der Waals surface area contributed by atoms with Crippen molar-refractivity contribution in [2.45, 2.75) is 23.6 Å². The second-order valence-electron chi connectivity index (χ2n) is 14.2. The molecular weight excluding hydrogens is 861 g/mol. The first kappa shape index (κ1) is 47.3. The number of aromatic nitrogens is 4. The summed E-state index contributed by atoms with van der Waals surface area (Å²) >= 11 is 0. The minimum absolute atomic E-state index is 0.178. The van der Waals surface area contributed by atoms with Crippen LogP contribution in [-0.2, 0) is 34.3 Å². The number of carbonyl (C=O) groups is 2. The van der Waals surface area contributed by atoms with Crippen molar-refractivity contribution in [3.63, 3.8) is 0 Å². The van der Waals surface area contributed by atoms with Crippen LogP contribution >= 0.6 is 0 Å². The Balaban J connectivity index is 0.000000284. The van der Waals surface area contributed by atoms with Gasteiger partial charge in [-0.1, -0.05) is 69.6 Å². The molecule has 2 amide bonds. The topological polar surface area (TPSA) is 310 Å². The smallest absolute Gasteiger partial charge is 0.391 e. The van der Waals surface area contributed by atoms with E-state index in [9.17, 15) is 35.5 Å². The Morgan fingerprint density at radius 3 is 1.08 bits per heavy atom. The quantitative estimate of drug-likeness (QED) is 0.0925. The zero-order valence-corrected chi connectivity index (χ0v) is 36.5. The average molecular weight is 905 g/mol. The third-order valence-electron chi connectivity index (χ3n) is 9.33. The Kier molecular flexibility index (Phi) is 14.7. The van der Waals surface area contributed by atoms with E-state index in [1.807, 2.05) is 38.1 Å². The van der Waals surface area contributed by atoms with Gasteiger partial charge in [-0.05, 0) is 97.8 Å². The predicted molar refractivity (Wildman–Crippen MR) is 240 cm³/mol. The van der Waals surface area contributed by atoms with Crippen molar-refractivity contribution in [1.82, 2.24) is 9.97 Å². The lowest BCUT2D eigenvalue weighted by atomic mass is 10.1. The molecule has 0 unspecified atom stereocenters. The van der Waals surface area contributed by atoms with Gasteiger partial charge in [-0.3, -0.25) is 21.1 Å². The van der Waals surface area contributed by atoms with Gasteiger partial charge in [0.25, 0.3) is 11.8 Å². The van der Waals surface area contributed by atoms with Gasteiger partial charge in [0.05, 0.1) is 47.4 Å². The third kappa shape index (κ3) is 12.6. The summed E-state index contributed by atoms with van der Waals surface area (Å²) in [5.74, 6) is 0.639. The molecule has 0 saturated heterocycles. The van der Waals surface area contributed by atoms with Crippen molar-refractivity contribution < 1.29 is 44.7 Å². The summed E-state index contributed by atoms with van der Waals surface area (Å²) in [6.45, 7) is 3.64. The van der Waals surface area contributed by atoms with Crippen molar-refractivity contribution in [3.8, 4) is 22.3 Å². The van der Waals surface area contributed by atoms with Gasteiger partial charge < -0.3 is 31.2 Å². The van der Waals surface area contributed by atoms with E-state index in [2.05, 4.69) is 20.6 Å². The lowest BCUT2D eigenvalue weighted by molar-refractivity contribution is -0.658. The number of rotatable bonds is 8. The highest BCUT2D eigenvalue weighted by atomic mass is 32.2. The Hall–Kier alpha value is -7.78. The molecule has 0 radical (unpaired) electrons. The normalized spacial score (nSPS) is 11.0. The van der Waals surface area contributed by atoms with Gasteiger partial charge in [-0.15, -0.1) is 0 Å². The Morgan fingerprint density at radius 1 is 0.500 bits per heavy atom. The highest BCUT2D eigenvalue weighted by Gasteiger charge is 2.16. The van der Waals surface area contributed by atoms with E-state index in [0.717, 1.165) is 33.4 Å². The van der Waals surface area contributed by atoms with E-state index in [1.54, 1.807) is 108 Å². The highest BCUT2D eigenvalue weighted by Crippen LogP contribution is 2.27. The second-order valence-corrected chi connectivity index (χ2v) is 17.0. The molecule has 10 N–H and O–H groups in total. The maximum atomic E-state index is 12.8. The lowest BCUT2D eigenvalue weighted by Gasteiger charge is -2.09. The van der Waals surface area contributed by atoms with Crippen LogP contribution in [-0.4, -0.2) is 47.7 Å². The highest BCUT2D eigenvalue weighted by molar-refractivity contribution is 7.86. The molecule has 7 aromatic rings. The van der Waals surface area contributed by atoms with Crippen LogP contribution in [0.3, 0.4) is 0 Å². The first-order valence-corrected chi connectivity index (χ1v) is 21.7. The minimum Gasteiger partial charge on any atom is -0.744 e. The molecule has 330 valence electrons. The number of carbonyl (C=O) groups excluding carboxylic acids is 2. The average Bonchev–Trinajstić information content (AvgIpc) is 3.24. The molecule has 0 fully saturated rings. The number of aryl methyl sites for hydroxylation is 4. The van der Waals surface area contributed by atoms with Crippen LogP contribution in [0.2, 0.25) is 0 Å². The molecule has 0 aliphatic carbocycles. The number of hydrogen-bond acceptors (Lipinski definition) is 14. The summed E-state index contributed by atoms with van der Waals surface area (Å²) < 4.78 is 65.7. The fraction of sp³-hybridized carbons (Fsp3) is 0.0909. The van der Waals surface area contributed by atoms with Gasteiger partial charge >= 0.3 is 11.9 Å². The number of nitrogens with one attached hydrogen (secondary N) is 2. The first-order chi connectivity index (χ1) is 30.1. The molecule has 18 nitrogen and oxygen atoms in total. The van der Waals surface area contributed by atoms with Crippen LogP contribution < -0.4 is 42.7 Å². The molecule has 0 bridgehead atoms. The third-order valence-corrected chi connectivity index (χ3v) is 11.0. The van der Waals surface area contributed by atoms with Crippen molar-refractivity contribution in [2.75, 3.05) is 33.6 Å². The molecule has 20 heteroatoms. The van der Waals surface area contributed by atoms with Crippen molar-refractivity contribution in [2.24, 2.45) is 14.1 Å². The summed E-state index contributed by atoms with van der Waals surface area (Å²) in [5.41, 5.74) is 30.6. The number of hydrogen-bond donors (Lipinski definition) is 6. The number of nitrogens with zero attached hydrogens (tertiary/aromatic N) is 4. The fourth-order valence-electron chi connectivity index (χ4n) is 5.68. The molecule has 0 spiro atoms. The summed E-state index contributed by atoms with van der Waals surface area (Å²) in [6.07, 6.45) is 3.60. The van der Waals surface area contributed by atoms with E-state index in [1.165, 1.54) is 24.3 Å². The van der Waals surface area contributed by atoms with Crippen LogP contribution in [0.25, 0.3) is 22.3 Å². The fourth-order valence-corrected chi connectivity index (χ4v) is 6.62. The lowest BCUT2D eigenvalue weighted by Crippen LogP contribution is -2.33. The Labute approximate surface area is 369 Å². The Bertz CT molecular complexity index is 2820. The van der Waals surface area contributed by atoms with Gasteiger partial charge in [0, 0.05) is 22.5 Å². The Morgan fingerprint density at radius 2 is 0.797 bits per heavy atom. The zero-order valence-electron chi connectivity index (χ0n) is 34.9. The number of benzene rings is 5. The van der Waals surface area contributed by atoms with Gasteiger partial charge in [0.15, 0.2) is 0 Å². The second kappa shape index (κ2) is 19.9. The standard InChI is InChI=1S/C30H28N10O2.2C7H8O3S/c1-39-15-23(25(31)37-29(39)33)17-7-11-21(12-8-17)35-27(41)19-3-5-20(6-4-19)28(42)36-22-13-9-18(10-14-22)24-16-40(2)30(34)38-26(24)32;2*1-6-2-4-7(5-3-6)11(8,9)10/h3-16H,1-2H3,(H8,31,32,33,34,35,36,37,38,41,42);2*2-5H,1H3,(H,8,9,10). The molecule has 0 saturated carbocycles. The number of amides is 2. The van der Waals surface area contributed by atoms with Crippen molar-refractivity contribution >= 4 is 67.0 Å². The van der Waals surface area contributed by atoms with E-state index < -0.39 is 20.2 Å². The molecule has 0 aliphatic rings. The summed E-state index contributed by atoms with van der Waals surface area (Å²) in [7, 11) is -4.97. The SMILES string of the molecule is C[n+]1cc(-c2ccc(NC(=O)c3ccc(C(=O)Nc4ccc(-c5c[n+](C)c(N)nc5N)cc4)cc3)cc2)c(N)nc1N.Cc1ccc(S(=O)(=O)[O-])cc1.Cc1ccc(S(=O)(=O)[O-])cc1. The van der Waals surface area contributed by atoms with E-state index in [0.29, 0.717) is 46.0 Å². The van der Waals surface area contributed by atoms with Crippen LogP contribution in [0.5, 0.6) is 0 Å². The molecule has 7 rings (SSSR count). The van der Waals surface area contributed by atoms with Crippen molar-refractivity contribution in [3.05, 3.63) is 156 Å². The zero-order chi connectivity index (χ0) is 46.9. The maximum absolute atomic E-state index is 12.8. The first-order valence-electron chi connectivity index (χ1n) is 18.9. The molecule has 64 heavy (non-hydrogen) atoms. The largest absolute Gasteiger partial charge is 0.744 e. The molecule has 2 aromatic heterocycles. The van der Waals surface area contributed by atoms with Crippen LogP contribution in [0.1, 0.15) is 31.8 Å². The summed E-state index contributed by atoms with van der Waals surface area (Å²) in [5, 5.41) is 5.71. The van der Waals surface area contributed by atoms with Gasteiger partial charge in [0.2, 0.25) is 11.6 Å². The molecule has 5 aromatic carbocycles. The number of nitrogens with two attached hydrogens (primary N) is 4. The summed E-state index contributed by atoms with van der Waals surface area (Å²) in [4.78, 5) is 33.5. The van der Waals surface area contributed by atoms with Crippen molar-refractivity contribution in [1.29, 1.82) is 0 Å². The molecule has 0 atom stereocenters. The molecule has 0 aliphatic heterocycles. The van der Waals surface area contributed by atoms with E-state index >= 15 is 0 Å². The minimum atomic E-state index is -4.27. The summed E-state index contributed by atoms with van der Waals surface area (Å²) in [6, 6.07) is 32.4. The van der Waals surface area contributed by atoms with Crippen LogP contribution in [0.15, 0.2) is 144 Å². The van der Waals surface area contributed by atoms with Crippen LogP contribution in [0, 0.1) is 13.8 Å². The molecular formula is C44H44N10O8S2. The van der Waals surface area contributed by atoms with E-state index in [-0.39, 0.29) is 21.6 Å². The number of anilines is 6. The van der Waals surface area contributed by atoms with Gasteiger partial charge in [-0.2, -0.15) is 0 Å². The molecule has 2 heterocycles. The van der Waals surface area contributed by atoms with Crippen LogP contribution in [0.4, 0.5) is 34.9 Å². The maximum Gasteiger partial charge on any atom is 0.391 e. The van der Waals surface area contributed by atoms with Gasteiger partial charge in [-0.25, -0.2) is 26.0 Å².